The first-order valence-electron chi connectivity index (χ1n) is 6.92. The molecule has 3 nitrogen and oxygen atoms in total. The molecular weight excluding hydrogens is 236 g/mol. The van der Waals surface area contributed by atoms with Crippen LogP contribution in [0, 0.1) is 17.2 Å². The summed E-state index contributed by atoms with van der Waals surface area (Å²) >= 11 is 0. The van der Waals surface area contributed by atoms with E-state index < -0.39 is 5.54 Å². The third-order valence-corrected chi connectivity index (χ3v) is 3.20. The van der Waals surface area contributed by atoms with Gasteiger partial charge in [-0.2, -0.15) is 5.26 Å². The highest BCUT2D eigenvalue weighted by atomic mass is 16.5. The molecule has 0 saturated carbocycles. The predicted octanol–water partition coefficient (Wildman–Crippen LogP) is 3.21. The summed E-state index contributed by atoms with van der Waals surface area (Å²) in [4.78, 5) is 0. The highest BCUT2D eigenvalue weighted by Gasteiger charge is 2.26. The molecule has 2 N–H and O–H groups in total. The molecule has 0 aromatic heterocycles. The van der Waals surface area contributed by atoms with Crippen molar-refractivity contribution in [1.29, 1.82) is 5.26 Å². The van der Waals surface area contributed by atoms with Gasteiger partial charge in [-0.1, -0.05) is 44.2 Å². The molecule has 0 spiro atoms. The Morgan fingerprint density at radius 2 is 1.95 bits per heavy atom. The van der Waals surface area contributed by atoms with E-state index in [1.165, 1.54) is 6.42 Å². The Kier molecular flexibility index (Phi) is 6.55. The molecule has 0 fully saturated rings. The molecule has 0 saturated heterocycles. The minimum atomic E-state index is -0.945. The van der Waals surface area contributed by atoms with E-state index in [0.29, 0.717) is 18.9 Å². The lowest BCUT2D eigenvalue weighted by Crippen LogP contribution is -2.36. The summed E-state index contributed by atoms with van der Waals surface area (Å²) in [5, 5.41) is 9.28. The van der Waals surface area contributed by atoms with Gasteiger partial charge in [-0.05, 0) is 24.3 Å². The number of rotatable bonds is 8. The van der Waals surface area contributed by atoms with Gasteiger partial charge in [-0.3, -0.25) is 0 Å². The summed E-state index contributed by atoms with van der Waals surface area (Å²) in [6.45, 7) is 5.68. The maximum absolute atomic E-state index is 9.28. The van der Waals surface area contributed by atoms with Crippen molar-refractivity contribution >= 4 is 0 Å². The number of benzene rings is 1. The highest BCUT2D eigenvalue weighted by Crippen LogP contribution is 2.21. The van der Waals surface area contributed by atoms with E-state index in [-0.39, 0.29) is 0 Å². The molecular formula is C16H24N2O. The predicted molar refractivity (Wildman–Crippen MR) is 77.4 cm³/mol. The normalized spacial score (nSPS) is 14.1. The van der Waals surface area contributed by atoms with Crippen LogP contribution in [0.4, 0.5) is 0 Å². The Bertz CT molecular complexity index is 397. The van der Waals surface area contributed by atoms with Crippen LogP contribution in [0.3, 0.4) is 0 Å². The zero-order valence-corrected chi connectivity index (χ0v) is 11.9. The van der Waals surface area contributed by atoms with Crippen LogP contribution in [-0.2, 0) is 10.3 Å². The summed E-state index contributed by atoms with van der Waals surface area (Å²) in [6.07, 6.45) is 2.76. The van der Waals surface area contributed by atoms with Gasteiger partial charge < -0.3 is 10.5 Å². The molecule has 0 aliphatic heterocycles. The fraction of sp³-hybridized carbons (Fsp3) is 0.562. The van der Waals surface area contributed by atoms with Crippen LogP contribution >= 0.6 is 0 Å². The topological polar surface area (TPSA) is 59.0 Å². The van der Waals surface area contributed by atoms with E-state index >= 15 is 0 Å². The van der Waals surface area contributed by atoms with E-state index in [1.807, 2.05) is 30.3 Å². The first-order valence-corrected chi connectivity index (χ1v) is 6.92. The number of hydrogen-bond acceptors (Lipinski definition) is 3. The Morgan fingerprint density at radius 1 is 1.26 bits per heavy atom. The molecule has 1 aromatic carbocycles. The molecule has 0 aliphatic carbocycles. The van der Waals surface area contributed by atoms with Gasteiger partial charge in [0.1, 0.15) is 5.54 Å². The lowest BCUT2D eigenvalue weighted by Gasteiger charge is -2.21. The molecule has 0 amide bonds. The third-order valence-electron chi connectivity index (χ3n) is 3.20. The maximum Gasteiger partial charge on any atom is 0.132 e. The number of nitrogens with two attached hydrogens (primary N) is 1. The van der Waals surface area contributed by atoms with Crippen molar-refractivity contribution in [2.75, 3.05) is 13.2 Å². The van der Waals surface area contributed by atoms with Gasteiger partial charge >= 0.3 is 0 Å². The summed E-state index contributed by atoms with van der Waals surface area (Å²) in [5.74, 6) is 0.709. The van der Waals surface area contributed by atoms with Crippen molar-refractivity contribution in [2.24, 2.45) is 11.7 Å². The summed E-state index contributed by atoms with van der Waals surface area (Å²) in [5.41, 5.74) is 6.05. The van der Waals surface area contributed by atoms with Gasteiger partial charge in [0.25, 0.3) is 0 Å². The maximum atomic E-state index is 9.28. The van der Waals surface area contributed by atoms with Crippen LogP contribution in [0.15, 0.2) is 30.3 Å². The van der Waals surface area contributed by atoms with Crippen LogP contribution < -0.4 is 5.73 Å². The lowest BCUT2D eigenvalue weighted by molar-refractivity contribution is 0.115. The number of ether oxygens (including phenoxy) is 1. The number of nitrogens with zero attached hydrogens (tertiary/aromatic N) is 1. The van der Waals surface area contributed by atoms with E-state index in [1.54, 1.807) is 0 Å². The fourth-order valence-corrected chi connectivity index (χ4v) is 1.93. The average molecular weight is 260 g/mol. The second-order valence-electron chi connectivity index (χ2n) is 5.35. The minimum absolute atomic E-state index is 0.523. The van der Waals surface area contributed by atoms with Crippen LogP contribution in [0.5, 0.6) is 0 Å². The average Bonchev–Trinajstić information content (AvgIpc) is 2.43. The molecule has 1 atom stereocenters. The van der Waals surface area contributed by atoms with Crippen molar-refractivity contribution in [3.63, 3.8) is 0 Å². The first kappa shape index (κ1) is 15.7. The molecule has 1 unspecified atom stereocenters. The molecule has 104 valence electrons. The zero-order chi connectivity index (χ0) is 14.1. The van der Waals surface area contributed by atoms with Crippen LogP contribution in [-0.4, -0.2) is 13.2 Å². The van der Waals surface area contributed by atoms with Crippen LogP contribution in [0.1, 0.15) is 38.7 Å². The van der Waals surface area contributed by atoms with Crippen molar-refractivity contribution < 1.29 is 4.74 Å². The van der Waals surface area contributed by atoms with E-state index in [0.717, 1.165) is 18.6 Å². The van der Waals surface area contributed by atoms with E-state index in [9.17, 15) is 5.26 Å². The Balaban J connectivity index is 2.36. The monoisotopic (exact) mass is 260 g/mol. The second kappa shape index (κ2) is 7.93. The fourth-order valence-electron chi connectivity index (χ4n) is 1.93. The van der Waals surface area contributed by atoms with Gasteiger partial charge in [-0.25, -0.2) is 0 Å². The molecule has 1 aromatic rings. The van der Waals surface area contributed by atoms with E-state index in [4.69, 9.17) is 10.5 Å². The van der Waals surface area contributed by atoms with Gasteiger partial charge in [0.05, 0.1) is 6.07 Å². The standard InChI is InChI=1S/C16H24N2O/c1-14(2)7-6-11-19-12-10-16(18,13-17)15-8-4-3-5-9-15/h3-5,8-9,14H,6-7,10-12,18H2,1-2H3. The Hall–Kier alpha value is -1.37. The van der Waals surface area contributed by atoms with E-state index in [2.05, 4.69) is 19.9 Å². The Morgan fingerprint density at radius 3 is 2.53 bits per heavy atom. The molecule has 1 rings (SSSR count). The lowest BCUT2D eigenvalue weighted by atomic mass is 9.89. The third kappa shape index (κ3) is 5.42. The molecule has 0 radical (unpaired) electrons. The zero-order valence-electron chi connectivity index (χ0n) is 11.9. The highest BCUT2D eigenvalue weighted by molar-refractivity contribution is 5.30. The molecule has 0 aliphatic rings. The smallest absolute Gasteiger partial charge is 0.132 e. The van der Waals surface area contributed by atoms with Crippen molar-refractivity contribution in [2.45, 2.75) is 38.6 Å². The summed E-state index contributed by atoms with van der Waals surface area (Å²) in [7, 11) is 0. The molecule has 19 heavy (non-hydrogen) atoms. The van der Waals surface area contributed by atoms with Crippen LogP contribution in [0.2, 0.25) is 0 Å². The molecule has 3 heteroatoms. The first-order chi connectivity index (χ1) is 9.08. The molecule has 0 heterocycles. The van der Waals surface area contributed by atoms with Gasteiger partial charge in [0.15, 0.2) is 0 Å². The van der Waals surface area contributed by atoms with Crippen molar-refractivity contribution in [3.05, 3.63) is 35.9 Å². The van der Waals surface area contributed by atoms with Crippen LogP contribution in [0.25, 0.3) is 0 Å². The summed E-state index contributed by atoms with van der Waals surface area (Å²) < 4.78 is 5.57. The Labute approximate surface area is 116 Å². The van der Waals surface area contributed by atoms with Gasteiger partial charge in [0.2, 0.25) is 0 Å². The quantitative estimate of drug-likeness (QED) is 0.730. The van der Waals surface area contributed by atoms with Crippen molar-refractivity contribution in [3.8, 4) is 6.07 Å². The SMILES string of the molecule is CC(C)CCCOCCC(N)(C#N)c1ccccc1. The van der Waals surface area contributed by atoms with Gasteiger partial charge in [-0.15, -0.1) is 0 Å². The molecule has 0 bridgehead atoms. The number of hydrogen-bond donors (Lipinski definition) is 1. The van der Waals surface area contributed by atoms with Crippen molar-refractivity contribution in [1.82, 2.24) is 0 Å². The summed E-state index contributed by atoms with van der Waals surface area (Å²) in [6, 6.07) is 11.7. The second-order valence-corrected chi connectivity index (χ2v) is 5.35. The van der Waals surface area contributed by atoms with Gasteiger partial charge in [0, 0.05) is 19.6 Å². The number of nitriles is 1. The minimum Gasteiger partial charge on any atom is -0.381 e. The largest absolute Gasteiger partial charge is 0.381 e.